The van der Waals surface area contributed by atoms with Crippen LogP contribution in [0.4, 0.5) is 11.4 Å². The summed E-state index contributed by atoms with van der Waals surface area (Å²) in [5.41, 5.74) is 1.00. The molecule has 5 rings (SSSR count). The number of hydrogen-bond donors (Lipinski definition) is 1. The molecule has 0 bridgehead atoms. The Morgan fingerprint density at radius 2 is 1.53 bits per heavy atom. The summed E-state index contributed by atoms with van der Waals surface area (Å²) in [5.74, 6) is -1.01. The van der Waals surface area contributed by atoms with E-state index in [0.29, 0.717) is 22.7 Å². The van der Waals surface area contributed by atoms with E-state index in [4.69, 9.17) is 21.1 Å². The van der Waals surface area contributed by atoms with Gasteiger partial charge in [-0.05, 0) is 59.3 Å². The third-order valence-electron chi connectivity index (χ3n) is 5.67. The van der Waals surface area contributed by atoms with E-state index in [0.717, 1.165) is 15.7 Å². The summed E-state index contributed by atoms with van der Waals surface area (Å²) in [7, 11) is 1.45. The van der Waals surface area contributed by atoms with Crippen LogP contribution in [0.25, 0.3) is 10.8 Å². The maximum atomic E-state index is 13.0. The minimum absolute atomic E-state index is 0.0703. The molecule has 0 radical (unpaired) electrons. The van der Waals surface area contributed by atoms with Gasteiger partial charge in [0.25, 0.3) is 11.8 Å². The number of methoxy groups -OCH3 is 1. The van der Waals surface area contributed by atoms with Crippen LogP contribution < -0.4 is 19.7 Å². The zero-order valence-corrected chi connectivity index (χ0v) is 19.8. The lowest BCUT2D eigenvalue weighted by Gasteiger charge is -2.17. The minimum atomic E-state index is -0.663. The predicted molar refractivity (Wildman–Crippen MR) is 137 cm³/mol. The van der Waals surface area contributed by atoms with Gasteiger partial charge in [0, 0.05) is 5.69 Å². The van der Waals surface area contributed by atoms with Crippen molar-refractivity contribution in [3.05, 3.63) is 107 Å². The molecule has 8 heteroatoms. The quantitative estimate of drug-likeness (QED) is 0.214. The summed E-state index contributed by atoms with van der Waals surface area (Å²) >= 11 is 6.22. The van der Waals surface area contributed by atoms with Gasteiger partial charge in [-0.25, -0.2) is 9.69 Å². The van der Waals surface area contributed by atoms with E-state index in [1.165, 1.54) is 7.11 Å². The third kappa shape index (κ3) is 4.28. The molecule has 1 N–H and O–H groups in total. The van der Waals surface area contributed by atoms with Gasteiger partial charge >= 0.3 is 5.97 Å². The van der Waals surface area contributed by atoms with Crippen molar-refractivity contribution < 1.29 is 23.9 Å². The number of esters is 1. The predicted octanol–water partition coefficient (Wildman–Crippen LogP) is 5.50. The van der Waals surface area contributed by atoms with Crippen LogP contribution >= 0.6 is 11.6 Å². The van der Waals surface area contributed by atoms with E-state index in [9.17, 15) is 14.4 Å². The van der Waals surface area contributed by atoms with Crippen LogP contribution in [0.15, 0.2) is 102 Å². The van der Waals surface area contributed by atoms with Crippen molar-refractivity contribution >= 4 is 51.5 Å². The van der Waals surface area contributed by atoms with Gasteiger partial charge in [-0.1, -0.05) is 54.1 Å². The molecule has 4 aromatic rings. The Kier molecular flexibility index (Phi) is 6.14. The maximum Gasteiger partial charge on any atom is 0.343 e. The fourth-order valence-electron chi connectivity index (χ4n) is 3.88. The van der Waals surface area contributed by atoms with Crippen molar-refractivity contribution in [1.29, 1.82) is 0 Å². The zero-order valence-electron chi connectivity index (χ0n) is 19.0. The molecule has 0 fully saturated rings. The van der Waals surface area contributed by atoms with Gasteiger partial charge in [0.15, 0.2) is 0 Å². The summed E-state index contributed by atoms with van der Waals surface area (Å²) in [6, 6.07) is 26.2. The number of nitrogens with zero attached hydrogens (tertiary/aromatic N) is 1. The fourth-order valence-corrected chi connectivity index (χ4v) is 4.09. The monoisotopic (exact) mass is 498 g/mol. The van der Waals surface area contributed by atoms with Crippen LogP contribution in [0, 0.1) is 0 Å². The molecule has 7 nitrogen and oxygen atoms in total. The number of halogens is 1. The SMILES string of the molecule is COc1ccccc1N1C(=O)C(Cl)=C(Nc2ccc(C(=O)Oc3ccc4ccccc4c3)cc2)C1=O. The Bertz CT molecular complexity index is 1550. The van der Waals surface area contributed by atoms with Crippen molar-refractivity contribution in [3.63, 3.8) is 0 Å². The number of carbonyl (C=O) groups excluding carboxylic acids is 3. The number of carbonyl (C=O) groups is 3. The fraction of sp³-hybridized carbons (Fsp3) is 0.0357. The molecule has 0 saturated carbocycles. The number of imide groups is 1. The lowest BCUT2D eigenvalue weighted by Crippen LogP contribution is -2.32. The lowest BCUT2D eigenvalue weighted by molar-refractivity contribution is -0.120. The van der Waals surface area contributed by atoms with Gasteiger partial charge in [0.2, 0.25) is 0 Å². The lowest BCUT2D eigenvalue weighted by atomic mass is 10.1. The highest BCUT2D eigenvalue weighted by molar-refractivity contribution is 6.53. The first-order valence-corrected chi connectivity index (χ1v) is 11.3. The Hall–Kier alpha value is -4.62. The summed E-state index contributed by atoms with van der Waals surface area (Å²) in [4.78, 5) is 39.4. The van der Waals surface area contributed by atoms with Crippen LogP contribution in [0.3, 0.4) is 0 Å². The number of para-hydroxylation sites is 2. The summed E-state index contributed by atoms with van der Waals surface area (Å²) in [6.45, 7) is 0. The molecule has 0 saturated heterocycles. The van der Waals surface area contributed by atoms with Gasteiger partial charge in [-0.3, -0.25) is 9.59 Å². The molecule has 0 spiro atoms. The topological polar surface area (TPSA) is 84.9 Å². The molecule has 4 aromatic carbocycles. The molecule has 1 aliphatic heterocycles. The Morgan fingerprint density at radius 3 is 2.28 bits per heavy atom. The Morgan fingerprint density at radius 1 is 0.833 bits per heavy atom. The molecule has 0 aromatic heterocycles. The van der Waals surface area contributed by atoms with Gasteiger partial charge in [0.05, 0.1) is 18.4 Å². The standard InChI is InChI=1S/C28H19ClN2O5/c1-35-23-9-5-4-8-22(23)31-26(32)24(29)25(27(31)33)30-20-13-10-18(11-14-20)28(34)36-21-15-12-17-6-2-3-7-19(17)16-21/h2-16,30H,1H3. The number of benzene rings is 4. The minimum Gasteiger partial charge on any atom is -0.495 e. The number of ether oxygens (including phenoxy) is 2. The van der Waals surface area contributed by atoms with Crippen molar-refractivity contribution in [2.24, 2.45) is 0 Å². The number of hydrogen-bond acceptors (Lipinski definition) is 6. The first-order valence-electron chi connectivity index (χ1n) is 11.0. The van der Waals surface area contributed by atoms with Crippen molar-refractivity contribution in [2.75, 3.05) is 17.3 Å². The Balaban J connectivity index is 1.30. The second-order valence-corrected chi connectivity index (χ2v) is 8.29. The Labute approximate surface area is 211 Å². The molecule has 0 atom stereocenters. The van der Waals surface area contributed by atoms with Crippen LogP contribution in [0.1, 0.15) is 10.4 Å². The molecule has 1 heterocycles. The third-order valence-corrected chi connectivity index (χ3v) is 6.03. The number of amides is 2. The first kappa shape index (κ1) is 23.1. The van der Waals surface area contributed by atoms with Crippen molar-refractivity contribution in [2.45, 2.75) is 0 Å². The van der Waals surface area contributed by atoms with Crippen molar-refractivity contribution in [3.8, 4) is 11.5 Å². The largest absolute Gasteiger partial charge is 0.495 e. The molecule has 178 valence electrons. The van der Waals surface area contributed by atoms with Gasteiger partial charge in [-0.15, -0.1) is 0 Å². The summed E-state index contributed by atoms with van der Waals surface area (Å²) < 4.78 is 10.8. The zero-order chi connectivity index (χ0) is 25.2. The number of anilines is 2. The van der Waals surface area contributed by atoms with Crippen LogP contribution in [-0.2, 0) is 9.59 Å². The summed E-state index contributed by atoms with van der Waals surface area (Å²) in [5, 5.41) is 4.65. The van der Waals surface area contributed by atoms with Gasteiger partial charge in [-0.2, -0.15) is 0 Å². The molecule has 36 heavy (non-hydrogen) atoms. The van der Waals surface area contributed by atoms with E-state index in [1.807, 2.05) is 30.3 Å². The molecule has 1 aliphatic rings. The summed E-state index contributed by atoms with van der Waals surface area (Å²) in [6.07, 6.45) is 0. The normalized spacial score (nSPS) is 13.3. The van der Waals surface area contributed by atoms with Crippen molar-refractivity contribution in [1.82, 2.24) is 0 Å². The second-order valence-electron chi connectivity index (χ2n) is 7.91. The maximum absolute atomic E-state index is 13.0. The molecule has 0 aliphatic carbocycles. The number of nitrogens with one attached hydrogen (secondary N) is 1. The van der Waals surface area contributed by atoms with Crippen LogP contribution in [-0.4, -0.2) is 24.9 Å². The average Bonchev–Trinajstić information content (AvgIpc) is 3.11. The molecular weight excluding hydrogens is 480 g/mol. The first-order chi connectivity index (χ1) is 17.5. The van der Waals surface area contributed by atoms with Gasteiger partial charge in [0.1, 0.15) is 22.2 Å². The number of fused-ring (bicyclic) bond motifs is 1. The van der Waals surface area contributed by atoms with Gasteiger partial charge < -0.3 is 14.8 Å². The average molecular weight is 499 g/mol. The van der Waals surface area contributed by atoms with E-state index in [-0.39, 0.29) is 16.4 Å². The van der Waals surface area contributed by atoms with Crippen LogP contribution in [0.2, 0.25) is 0 Å². The molecule has 2 amide bonds. The second kappa shape index (κ2) is 9.56. The van der Waals surface area contributed by atoms with E-state index in [1.54, 1.807) is 60.7 Å². The van der Waals surface area contributed by atoms with E-state index >= 15 is 0 Å². The highest BCUT2D eigenvalue weighted by Crippen LogP contribution is 2.35. The highest BCUT2D eigenvalue weighted by atomic mass is 35.5. The van der Waals surface area contributed by atoms with E-state index < -0.39 is 17.8 Å². The van der Waals surface area contributed by atoms with E-state index in [2.05, 4.69) is 5.32 Å². The van der Waals surface area contributed by atoms with Crippen LogP contribution in [0.5, 0.6) is 11.5 Å². The smallest absolute Gasteiger partial charge is 0.343 e. The molecule has 0 unspecified atom stereocenters. The number of rotatable bonds is 6. The highest BCUT2D eigenvalue weighted by Gasteiger charge is 2.40. The molecular formula is C28H19ClN2O5.